The molecule has 1 amide bonds. The topological polar surface area (TPSA) is 84.9 Å². The molecule has 1 rings (SSSR count). The zero-order valence-electron chi connectivity index (χ0n) is 12.1. The number of carboxylic acid groups (broad SMARTS) is 1. The summed E-state index contributed by atoms with van der Waals surface area (Å²) < 4.78 is 10.2. The molecule has 0 unspecified atom stereocenters. The van der Waals surface area contributed by atoms with Crippen LogP contribution in [0.1, 0.15) is 25.3 Å². The maximum absolute atomic E-state index is 11.6. The molecular weight excluding hydrogens is 274 g/mol. The van der Waals surface area contributed by atoms with Crippen LogP contribution in [0.4, 0.5) is 4.79 Å². The fourth-order valence-corrected chi connectivity index (χ4v) is 1.53. The lowest BCUT2D eigenvalue weighted by Gasteiger charge is -2.14. The second-order valence-corrected chi connectivity index (χ2v) is 4.53. The molecule has 6 heteroatoms. The average molecular weight is 295 g/mol. The summed E-state index contributed by atoms with van der Waals surface area (Å²) in [6.07, 6.45) is 1.04. The van der Waals surface area contributed by atoms with Crippen molar-refractivity contribution in [3.63, 3.8) is 0 Å². The van der Waals surface area contributed by atoms with Gasteiger partial charge in [-0.1, -0.05) is 43.7 Å². The van der Waals surface area contributed by atoms with Gasteiger partial charge in [0.1, 0.15) is 6.61 Å². The molecule has 1 aromatic carbocycles. The number of benzene rings is 1. The molecule has 21 heavy (non-hydrogen) atoms. The molecule has 116 valence electrons. The maximum atomic E-state index is 11.6. The van der Waals surface area contributed by atoms with E-state index >= 15 is 0 Å². The third-order valence-corrected chi connectivity index (χ3v) is 2.73. The van der Waals surface area contributed by atoms with Crippen molar-refractivity contribution in [3.8, 4) is 0 Å². The summed E-state index contributed by atoms with van der Waals surface area (Å²) in [5.74, 6) is -1.15. The van der Waals surface area contributed by atoms with E-state index in [1.807, 2.05) is 37.3 Å². The summed E-state index contributed by atoms with van der Waals surface area (Å²) in [5.41, 5.74) is 0.832. The van der Waals surface area contributed by atoms with Crippen molar-refractivity contribution in [3.05, 3.63) is 35.9 Å². The van der Waals surface area contributed by atoms with E-state index in [-0.39, 0.29) is 13.2 Å². The number of carboxylic acids is 1. The molecule has 6 nitrogen and oxygen atoms in total. The Labute approximate surface area is 124 Å². The molecule has 0 aliphatic heterocycles. The first kappa shape index (κ1) is 17.0. The molecule has 0 aliphatic rings. The largest absolute Gasteiger partial charge is 0.480 e. The highest BCUT2D eigenvalue weighted by Gasteiger charge is 2.20. The summed E-state index contributed by atoms with van der Waals surface area (Å²) in [6.45, 7) is 2.50. The number of unbranched alkanes of at least 4 members (excludes halogenated alkanes) is 1. The van der Waals surface area contributed by atoms with Gasteiger partial charge in [0.15, 0.2) is 6.04 Å². The fraction of sp³-hybridized carbons (Fsp3) is 0.467. The van der Waals surface area contributed by atoms with Crippen LogP contribution in [0.2, 0.25) is 0 Å². The summed E-state index contributed by atoms with van der Waals surface area (Å²) in [5, 5.41) is 11.3. The number of hydrogen-bond donors (Lipinski definition) is 2. The van der Waals surface area contributed by atoms with Crippen LogP contribution < -0.4 is 5.32 Å². The predicted molar refractivity (Wildman–Crippen MR) is 76.9 cm³/mol. The number of aliphatic carboxylic acids is 1. The molecule has 0 spiro atoms. The number of ether oxygens (including phenoxy) is 2. The van der Waals surface area contributed by atoms with Gasteiger partial charge in [-0.15, -0.1) is 0 Å². The molecule has 1 atom stereocenters. The predicted octanol–water partition coefficient (Wildman–Crippen LogP) is 2.18. The van der Waals surface area contributed by atoms with Gasteiger partial charge in [-0.2, -0.15) is 0 Å². The van der Waals surface area contributed by atoms with Crippen molar-refractivity contribution in [2.24, 2.45) is 0 Å². The van der Waals surface area contributed by atoms with Gasteiger partial charge in [0.05, 0.1) is 6.61 Å². The van der Waals surface area contributed by atoms with Crippen molar-refractivity contribution < 1.29 is 24.2 Å². The Kier molecular flexibility index (Phi) is 7.89. The second-order valence-electron chi connectivity index (χ2n) is 4.53. The van der Waals surface area contributed by atoms with Gasteiger partial charge in [0.2, 0.25) is 0 Å². The molecule has 0 saturated heterocycles. The third-order valence-electron chi connectivity index (χ3n) is 2.73. The summed E-state index contributed by atoms with van der Waals surface area (Å²) in [4.78, 5) is 22.6. The van der Waals surface area contributed by atoms with Gasteiger partial charge in [-0.25, -0.2) is 9.59 Å². The van der Waals surface area contributed by atoms with Gasteiger partial charge in [-0.3, -0.25) is 0 Å². The zero-order chi connectivity index (χ0) is 15.5. The van der Waals surface area contributed by atoms with Gasteiger partial charge >= 0.3 is 12.1 Å². The van der Waals surface area contributed by atoms with Gasteiger partial charge in [0.25, 0.3) is 0 Å². The number of hydrogen-bond acceptors (Lipinski definition) is 4. The molecule has 0 radical (unpaired) electrons. The van der Waals surface area contributed by atoms with Crippen LogP contribution in [-0.2, 0) is 20.9 Å². The Morgan fingerprint density at radius 2 is 2.00 bits per heavy atom. The Hall–Kier alpha value is -2.08. The fourth-order valence-electron chi connectivity index (χ4n) is 1.53. The van der Waals surface area contributed by atoms with E-state index in [1.165, 1.54) is 0 Å². The highest BCUT2D eigenvalue weighted by molar-refractivity contribution is 5.79. The SMILES string of the molecule is CCCCOC[C@H](NC(=O)OCc1ccccc1)C(=O)O. The van der Waals surface area contributed by atoms with Crippen molar-refractivity contribution in [1.82, 2.24) is 5.32 Å². The average Bonchev–Trinajstić information content (AvgIpc) is 2.49. The smallest absolute Gasteiger partial charge is 0.408 e. The Morgan fingerprint density at radius 1 is 1.29 bits per heavy atom. The Morgan fingerprint density at radius 3 is 2.62 bits per heavy atom. The van der Waals surface area contributed by atoms with E-state index in [9.17, 15) is 9.59 Å². The van der Waals surface area contributed by atoms with Gasteiger partial charge in [-0.05, 0) is 12.0 Å². The molecule has 0 aromatic heterocycles. The van der Waals surface area contributed by atoms with E-state index in [2.05, 4.69) is 5.32 Å². The van der Waals surface area contributed by atoms with Crippen LogP contribution in [0.25, 0.3) is 0 Å². The van der Waals surface area contributed by atoms with E-state index < -0.39 is 18.1 Å². The van der Waals surface area contributed by atoms with Crippen LogP contribution >= 0.6 is 0 Å². The number of rotatable bonds is 9. The molecular formula is C15H21NO5. The highest BCUT2D eigenvalue weighted by atomic mass is 16.5. The molecule has 0 saturated carbocycles. The Bertz CT molecular complexity index is 435. The molecule has 0 bridgehead atoms. The first-order chi connectivity index (χ1) is 10.1. The minimum absolute atomic E-state index is 0.0736. The lowest BCUT2D eigenvalue weighted by Crippen LogP contribution is -2.44. The lowest BCUT2D eigenvalue weighted by molar-refractivity contribution is -0.141. The standard InChI is InChI=1S/C15H21NO5/c1-2-3-9-20-11-13(14(17)18)16-15(19)21-10-12-7-5-4-6-8-12/h4-8,13H,2-3,9-11H2,1H3,(H,16,19)(H,17,18)/t13-/m0/s1. The maximum Gasteiger partial charge on any atom is 0.408 e. The molecule has 0 aliphatic carbocycles. The highest BCUT2D eigenvalue weighted by Crippen LogP contribution is 2.01. The summed E-state index contributed by atoms with van der Waals surface area (Å²) in [7, 11) is 0. The minimum Gasteiger partial charge on any atom is -0.480 e. The van der Waals surface area contributed by atoms with E-state index in [4.69, 9.17) is 14.6 Å². The van der Waals surface area contributed by atoms with Crippen LogP contribution in [0.3, 0.4) is 0 Å². The number of amides is 1. The molecule has 1 aromatic rings. The molecule has 0 heterocycles. The third kappa shape index (κ3) is 7.31. The van der Waals surface area contributed by atoms with Gasteiger partial charge < -0.3 is 19.9 Å². The number of carbonyl (C=O) groups is 2. The first-order valence-electron chi connectivity index (χ1n) is 6.91. The zero-order valence-corrected chi connectivity index (χ0v) is 12.1. The van der Waals surface area contributed by atoms with Gasteiger partial charge in [0, 0.05) is 6.61 Å². The summed E-state index contributed by atoms with van der Waals surface area (Å²) >= 11 is 0. The number of alkyl carbamates (subject to hydrolysis) is 1. The van der Waals surface area contributed by atoms with E-state index in [1.54, 1.807) is 0 Å². The quantitative estimate of drug-likeness (QED) is 0.682. The monoisotopic (exact) mass is 295 g/mol. The molecule has 2 N–H and O–H groups in total. The minimum atomic E-state index is -1.15. The molecule has 0 fully saturated rings. The number of nitrogens with one attached hydrogen (secondary N) is 1. The van der Waals surface area contributed by atoms with Crippen molar-refractivity contribution >= 4 is 12.1 Å². The van der Waals surface area contributed by atoms with Crippen molar-refractivity contribution in [1.29, 1.82) is 0 Å². The lowest BCUT2D eigenvalue weighted by atomic mass is 10.2. The van der Waals surface area contributed by atoms with Crippen LogP contribution in [0, 0.1) is 0 Å². The van der Waals surface area contributed by atoms with Crippen LogP contribution in [0.5, 0.6) is 0 Å². The summed E-state index contributed by atoms with van der Waals surface area (Å²) in [6, 6.07) is 8.05. The normalized spacial score (nSPS) is 11.7. The Balaban J connectivity index is 2.33. The second kappa shape index (κ2) is 9.77. The number of carbonyl (C=O) groups excluding carboxylic acids is 1. The van der Waals surface area contributed by atoms with Crippen LogP contribution in [0.15, 0.2) is 30.3 Å². The van der Waals surface area contributed by atoms with E-state index in [0.717, 1.165) is 18.4 Å². The van der Waals surface area contributed by atoms with Crippen LogP contribution in [-0.4, -0.2) is 36.4 Å². The van der Waals surface area contributed by atoms with E-state index in [0.29, 0.717) is 6.61 Å². The first-order valence-corrected chi connectivity index (χ1v) is 6.91. The van der Waals surface area contributed by atoms with Crippen molar-refractivity contribution in [2.45, 2.75) is 32.4 Å². The van der Waals surface area contributed by atoms with Crippen molar-refractivity contribution in [2.75, 3.05) is 13.2 Å².